The van der Waals surface area contributed by atoms with Gasteiger partial charge in [-0.1, -0.05) is 48.5 Å². The summed E-state index contributed by atoms with van der Waals surface area (Å²) in [6, 6.07) is 18.4. The van der Waals surface area contributed by atoms with E-state index in [0.29, 0.717) is 6.61 Å². The largest absolute Gasteiger partial charge is 0.489 e. The standard InChI is InChI=1S/C18H23NO2.ClH/c1-20-13-7-12-19-14-17-10-5-6-11-18(17)21-15-16-8-3-2-4-9-16;/h2-6,8-11,19H,7,12-15H2,1H3;1H. The van der Waals surface area contributed by atoms with Gasteiger partial charge in [0.1, 0.15) is 12.4 Å². The van der Waals surface area contributed by atoms with Crippen molar-refractivity contribution in [2.75, 3.05) is 20.3 Å². The molecular formula is C18H24ClNO2. The van der Waals surface area contributed by atoms with Gasteiger partial charge in [-0.2, -0.15) is 0 Å². The molecule has 4 heteroatoms. The van der Waals surface area contributed by atoms with Crippen molar-refractivity contribution >= 4 is 12.4 Å². The zero-order valence-corrected chi connectivity index (χ0v) is 13.8. The molecule has 0 aromatic heterocycles. The molecule has 0 amide bonds. The number of methoxy groups -OCH3 is 1. The second-order valence-electron chi connectivity index (χ2n) is 4.91. The molecule has 22 heavy (non-hydrogen) atoms. The summed E-state index contributed by atoms with van der Waals surface area (Å²) < 4.78 is 11.0. The van der Waals surface area contributed by atoms with E-state index >= 15 is 0 Å². The highest BCUT2D eigenvalue weighted by atomic mass is 35.5. The van der Waals surface area contributed by atoms with Gasteiger partial charge in [0.15, 0.2) is 0 Å². The summed E-state index contributed by atoms with van der Waals surface area (Å²) in [4.78, 5) is 0. The number of nitrogens with one attached hydrogen (secondary N) is 1. The molecule has 0 unspecified atom stereocenters. The van der Waals surface area contributed by atoms with Gasteiger partial charge in [0.05, 0.1) is 0 Å². The number of hydrogen-bond donors (Lipinski definition) is 1. The molecule has 0 radical (unpaired) electrons. The summed E-state index contributed by atoms with van der Waals surface area (Å²) in [5, 5.41) is 3.42. The Kier molecular flexibility index (Phi) is 9.31. The van der Waals surface area contributed by atoms with E-state index in [1.807, 2.05) is 36.4 Å². The van der Waals surface area contributed by atoms with E-state index in [2.05, 4.69) is 23.5 Å². The first-order chi connectivity index (χ1) is 10.4. The van der Waals surface area contributed by atoms with Crippen LogP contribution in [-0.4, -0.2) is 20.3 Å². The number of para-hydroxylation sites is 1. The maximum absolute atomic E-state index is 5.94. The third kappa shape index (κ3) is 6.48. The van der Waals surface area contributed by atoms with Crippen LogP contribution in [0.4, 0.5) is 0 Å². The second kappa shape index (κ2) is 11.1. The molecule has 0 saturated heterocycles. The summed E-state index contributed by atoms with van der Waals surface area (Å²) in [6.07, 6.45) is 1.02. The van der Waals surface area contributed by atoms with Gasteiger partial charge < -0.3 is 14.8 Å². The monoisotopic (exact) mass is 321 g/mol. The van der Waals surface area contributed by atoms with Crippen molar-refractivity contribution < 1.29 is 9.47 Å². The fraction of sp³-hybridized carbons (Fsp3) is 0.333. The van der Waals surface area contributed by atoms with Gasteiger partial charge in [0.2, 0.25) is 0 Å². The molecule has 1 N–H and O–H groups in total. The normalized spacial score (nSPS) is 10.0. The van der Waals surface area contributed by atoms with Crippen LogP contribution in [0.3, 0.4) is 0 Å². The molecule has 120 valence electrons. The van der Waals surface area contributed by atoms with Crippen LogP contribution in [0.5, 0.6) is 5.75 Å². The van der Waals surface area contributed by atoms with Gasteiger partial charge in [0, 0.05) is 25.8 Å². The van der Waals surface area contributed by atoms with E-state index in [1.165, 1.54) is 11.1 Å². The van der Waals surface area contributed by atoms with Crippen LogP contribution in [0.1, 0.15) is 17.5 Å². The van der Waals surface area contributed by atoms with E-state index in [-0.39, 0.29) is 12.4 Å². The predicted octanol–water partition coefficient (Wildman–Crippen LogP) is 3.81. The van der Waals surface area contributed by atoms with E-state index in [1.54, 1.807) is 7.11 Å². The maximum Gasteiger partial charge on any atom is 0.124 e. The van der Waals surface area contributed by atoms with Crippen molar-refractivity contribution in [1.82, 2.24) is 5.32 Å². The molecule has 0 aliphatic heterocycles. The topological polar surface area (TPSA) is 30.5 Å². The van der Waals surface area contributed by atoms with Gasteiger partial charge in [-0.25, -0.2) is 0 Å². The van der Waals surface area contributed by atoms with Crippen LogP contribution in [0.15, 0.2) is 54.6 Å². The highest BCUT2D eigenvalue weighted by Crippen LogP contribution is 2.19. The average Bonchev–Trinajstić information content (AvgIpc) is 2.55. The lowest BCUT2D eigenvalue weighted by atomic mass is 10.2. The minimum atomic E-state index is 0. The first-order valence-corrected chi connectivity index (χ1v) is 7.34. The number of ether oxygens (including phenoxy) is 2. The Balaban J connectivity index is 0.00000242. The van der Waals surface area contributed by atoms with Gasteiger partial charge in [-0.05, 0) is 24.6 Å². The number of halogens is 1. The Bertz CT molecular complexity index is 520. The number of hydrogen-bond acceptors (Lipinski definition) is 3. The third-order valence-electron chi connectivity index (χ3n) is 3.23. The van der Waals surface area contributed by atoms with Gasteiger partial charge in [-0.3, -0.25) is 0 Å². The van der Waals surface area contributed by atoms with Crippen LogP contribution in [0, 0.1) is 0 Å². The van der Waals surface area contributed by atoms with Gasteiger partial charge in [0.25, 0.3) is 0 Å². The van der Waals surface area contributed by atoms with Crippen molar-refractivity contribution in [3.8, 4) is 5.75 Å². The molecule has 2 aromatic carbocycles. The Hall–Kier alpha value is -1.55. The lowest BCUT2D eigenvalue weighted by Crippen LogP contribution is -2.16. The molecule has 0 saturated carbocycles. The minimum absolute atomic E-state index is 0. The van der Waals surface area contributed by atoms with Crippen LogP contribution >= 0.6 is 12.4 Å². The molecule has 0 aliphatic carbocycles. The Labute approximate surface area is 139 Å². The summed E-state index contributed by atoms with van der Waals surface area (Å²) in [6.45, 7) is 3.15. The zero-order chi connectivity index (χ0) is 14.8. The molecule has 0 spiro atoms. The first kappa shape index (κ1) is 18.5. The summed E-state index contributed by atoms with van der Waals surface area (Å²) >= 11 is 0. The Morgan fingerprint density at radius 2 is 1.68 bits per heavy atom. The fourth-order valence-corrected chi connectivity index (χ4v) is 2.09. The lowest BCUT2D eigenvalue weighted by molar-refractivity contribution is 0.194. The maximum atomic E-state index is 5.94. The van der Waals surface area contributed by atoms with E-state index in [4.69, 9.17) is 9.47 Å². The predicted molar refractivity (Wildman–Crippen MR) is 92.7 cm³/mol. The molecule has 0 aliphatic rings. The molecule has 0 fully saturated rings. The second-order valence-corrected chi connectivity index (χ2v) is 4.91. The van der Waals surface area contributed by atoms with Crippen molar-refractivity contribution in [3.63, 3.8) is 0 Å². The Morgan fingerprint density at radius 1 is 0.955 bits per heavy atom. The SMILES string of the molecule is COCCCNCc1ccccc1OCc1ccccc1.Cl. The molecule has 3 nitrogen and oxygen atoms in total. The van der Waals surface area contributed by atoms with Gasteiger partial charge >= 0.3 is 0 Å². The molecular weight excluding hydrogens is 298 g/mol. The lowest BCUT2D eigenvalue weighted by Gasteiger charge is -2.12. The van der Waals surface area contributed by atoms with E-state index < -0.39 is 0 Å². The number of rotatable bonds is 9. The zero-order valence-electron chi connectivity index (χ0n) is 13.0. The summed E-state index contributed by atoms with van der Waals surface area (Å²) in [7, 11) is 1.73. The highest BCUT2D eigenvalue weighted by molar-refractivity contribution is 5.85. The minimum Gasteiger partial charge on any atom is -0.489 e. The molecule has 0 heterocycles. The fourth-order valence-electron chi connectivity index (χ4n) is 2.09. The number of benzene rings is 2. The molecule has 0 bridgehead atoms. The summed E-state index contributed by atoms with van der Waals surface area (Å²) in [5.41, 5.74) is 2.37. The van der Waals surface area contributed by atoms with E-state index in [9.17, 15) is 0 Å². The van der Waals surface area contributed by atoms with Crippen molar-refractivity contribution in [2.45, 2.75) is 19.6 Å². The van der Waals surface area contributed by atoms with Crippen LogP contribution in [0.2, 0.25) is 0 Å². The Morgan fingerprint density at radius 3 is 2.45 bits per heavy atom. The third-order valence-corrected chi connectivity index (χ3v) is 3.23. The van der Waals surface area contributed by atoms with E-state index in [0.717, 1.165) is 31.9 Å². The summed E-state index contributed by atoms with van der Waals surface area (Å²) in [5.74, 6) is 0.945. The van der Waals surface area contributed by atoms with Crippen LogP contribution in [0.25, 0.3) is 0 Å². The molecule has 0 atom stereocenters. The first-order valence-electron chi connectivity index (χ1n) is 7.34. The van der Waals surface area contributed by atoms with Gasteiger partial charge in [-0.15, -0.1) is 12.4 Å². The smallest absolute Gasteiger partial charge is 0.124 e. The van der Waals surface area contributed by atoms with Crippen molar-refractivity contribution in [3.05, 3.63) is 65.7 Å². The average molecular weight is 322 g/mol. The highest BCUT2D eigenvalue weighted by Gasteiger charge is 2.03. The molecule has 2 rings (SSSR count). The van der Waals surface area contributed by atoms with Crippen LogP contribution in [-0.2, 0) is 17.9 Å². The van der Waals surface area contributed by atoms with Crippen molar-refractivity contribution in [2.24, 2.45) is 0 Å². The van der Waals surface area contributed by atoms with Crippen LogP contribution < -0.4 is 10.1 Å². The quantitative estimate of drug-likeness (QED) is 0.712. The molecule has 2 aromatic rings. The van der Waals surface area contributed by atoms with Crippen molar-refractivity contribution in [1.29, 1.82) is 0 Å².